The molecule has 1 amide bonds. The molecule has 0 aromatic rings. The molecule has 0 rings (SSSR count). The summed E-state index contributed by atoms with van der Waals surface area (Å²) < 4.78 is 10.4. The maximum Gasteiger partial charge on any atom is 0.325 e. The average molecular weight is 223 g/mol. The van der Waals surface area contributed by atoms with E-state index in [0.29, 0.717) is 5.06 Å². The van der Waals surface area contributed by atoms with E-state index in [0.717, 1.165) is 6.08 Å². The first-order valence-electron chi connectivity index (χ1n) is 4.04. The second-order valence-corrected chi connectivity index (χ2v) is 4.48. The van der Waals surface area contributed by atoms with Crippen molar-refractivity contribution in [1.82, 2.24) is 5.06 Å². The Bertz CT molecular complexity index is 259. The second kappa shape index (κ2) is 5.93. The molecule has 0 radical (unpaired) electrons. The molecule has 0 atom stereocenters. The van der Waals surface area contributed by atoms with Crippen LogP contribution in [-0.2, 0) is 9.36 Å². The van der Waals surface area contributed by atoms with Gasteiger partial charge in [0.05, 0.1) is 6.16 Å². The molecule has 0 heterocycles. The van der Waals surface area contributed by atoms with Crippen molar-refractivity contribution in [1.29, 1.82) is 0 Å². The van der Waals surface area contributed by atoms with E-state index in [4.69, 9.17) is 15.0 Å². The van der Waals surface area contributed by atoms with Gasteiger partial charge in [0.1, 0.15) is 0 Å². The van der Waals surface area contributed by atoms with Gasteiger partial charge in [-0.25, -0.2) is 5.06 Å². The third-order valence-electron chi connectivity index (χ3n) is 1.38. The zero-order valence-corrected chi connectivity index (χ0v) is 8.72. The highest BCUT2D eigenvalue weighted by atomic mass is 31.2. The lowest BCUT2D eigenvalue weighted by atomic mass is 10.4. The summed E-state index contributed by atoms with van der Waals surface area (Å²) in [5.41, 5.74) is 0. The van der Waals surface area contributed by atoms with Crippen LogP contribution in [0.2, 0.25) is 0 Å². The fourth-order valence-corrected chi connectivity index (χ4v) is 1.32. The predicted octanol–water partition coefficient (Wildman–Crippen LogP) is 0.348. The minimum atomic E-state index is -4.03. The zero-order chi connectivity index (χ0) is 11.2. The first-order valence-corrected chi connectivity index (χ1v) is 5.84. The smallest absolute Gasteiger partial charge is 0.324 e. The summed E-state index contributed by atoms with van der Waals surface area (Å²) in [6.45, 7) is 1.54. The molecule has 0 fully saturated rings. The Morgan fingerprint density at radius 3 is 2.50 bits per heavy atom. The Hall–Kier alpha value is -0.680. The molecule has 0 bridgehead atoms. The van der Waals surface area contributed by atoms with E-state index in [1.54, 1.807) is 6.92 Å². The van der Waals surface area contributed by atoms with Crippen LogP contribution in [0.15, 0.2) is 12.2 Å². The third kappa shape index (κ3) is 6.80. The van der Waals surface area contributed by atoms with Gasteiger partial charge in [-0.15, -0.1) is 0 Å². The molecule has 0 aliphatic heterocycles. The average Bonchev–Trinajstić information content (AvgIpc) is 2.02. The van der Waals surface area contributed by atoms with Crippen molar-refractivity contribution < 1.29 is 24.4 Å². The van der Waals surface area contributed by atoms with E-state index < -0.39 is 13.5 Å². The SMILES string of the molecule is C/C=C/C(=O)N(O)CCCP(=O)(O)O. The summed E-state index contributed by atoms with van der Waals surface area (Å²) in [5, 5.41) is 9.45. The minimum Gasteiger partial charge on any atom is -0.324 e. The van der Waals surface area contributed by atoms with Gasteiger partial charge in [-0.05, 0) is 13.3 Å². The van der Waals surface area contributed by atoms with E-state index in [2.05, 4.69) is 0 Å². The fourth-order valence-electron chi connectivity index (χ4n) is 0.765. The third-order valence-corrected chi connectivity index (χ3v) is 2.28. The Morgan fingerprint density at radius 2 is 2.07 bits per heavy atom. The van der Waals surface area contributed by atoms with E-state index in [9.17, 15) is 9.36 Å². The maximum absolute atomic E-state index is 10.9. The molecular formula is C7H14NO5P. The van der Waals surface area contributed by atoms with Crippen LogP contribution in [0.3, 0.4) is 0 Å². The van der Waals surface area contributed by atoms with Crippen LogP contribution in [0.4, 0.5) is 0 Å². The number of rotatable bonds is 5. The van der Waals surface area contributed by atoms with E-state index >= 15 is 0 Å². The quantitative estimate of drug-likeness (QED) is 0.270. The lowest BCUT2D eigenvalue weighted by molar-refractivity contribution is -0.159. The molecule has 82 valence electrons. The molecule has 0 aliphatic carbocycles. The summed E-state index contributed by atoms with van der Waals surface area (Å²) in [6.07, 6.45) is 2.35. The highest BCUT2D eigenvalue weighted by molar-refractivity contribution is 7.51. The zero-order valence-electron chi connectivity index (χ0n) is 7.83. The lowest BCUT2D eigenvalue weighted by Crippen LogP contribution is -2.27. The van der Waals surface area contributed by atoms with Crippen molar-refractivity contribution in [3.8, 4) is 0 Å². The van der Waals surface area contributed by atoms with Crippen LogP contribution in [-0.4, -0.2) is 38.7 Å². The molecule has 3 N–H and O–H groups in total. The van der Waals surface area contributed by atoms with Gasteiger partial charge >= 0.3 is 7.60 Å². The van der Waals surface area contributed by atoms with Crippen LogP contribution in [0.5, 0.6) is 0 Å². The van der Waals surface area contributed by atoms with Crippen LogP contribution in [0.1, 0.15) is 13.3 Å². The maximum atomic E-state index is 10.9. The highest BCUT2D eigenvalue weighted by Crippen LogP contribution is 2.34. The molecule has 0 unspecified atom stereocenters. The Kier molecular flexibility index (Phi) is 5.64. The standard InChI is InChI=1S/C7H14NO5P/c1-2-4-7(9)8(10)5-3-6-14(11,12)13/h2,4,10H,3,5-6H2,1H3,(H2,11,12,13)/b4-2+. The van der Waals surface area contributed by atoms with Crippen molar-refractivity contribution in [2.75, 3.05) is 12.7 Å². The number of hydrogen-bond acceptors (Lipinski definition) is 3. The van der Waals surface area contributed by atoms with Gasteiger partial charge in [-0.2, -0.15) is 0 Å². The predicted molar refractivity (Wildman–Crippen MR) is 49.8 cm³/mol. The van der Waals surface area contributed by atoms with Crippen molar-refractivity contribution in [3.63, 3.8) is 0 Å². The monoisotopic (exact) mass is 223 g/mol. The molecule has 0 saturated carbocycles. The number of nitrogens with zero attached hydrogens (tertiary/aromatic N) is 1. The van der Waals surface area contributed by atoms with Gasteiger partial charge in [0.25, 0.3) is 5.91 Å². The Balaban J connectivity index is 3.80. The lowest BCUT2D eigenvalue weighted by Gasteiger charge is -2.12. The number of hydrogen-bond donors (Lipinski definition) is 3. The topological polar surface area (TPSA) is 98.1 Å². The van der Waals surface area contributed by atoms with Gasteiger partial charge in [0, 0.05) is 12.6 Å². The minimum absolute atomic E-state index is 0.0596. The van der Waals surface area contributed by atoms with Gasteiger partial charge in [-0.3, -0.25) is 14.6 Å². The van der Waals surface area contributed by atoms with Gasteiger partial charge in [0.2, 0.25) is 0 Å². The Morgan fingerprint density at radius 1 is 1.50 bits per heavy atom. The summed E-state index contributed by atoms with van der Waals surface area (Å²) in [5.74, 6) is -0.599. The normalized spacial score (nSPS) is 12.0. The van der Waals surface area contributed by atoms with Crippen molar-refractivity contribution in [3.05, 3.63) is 12.2 Å². The number of carbonyl (C=O) groups is 1. The largest absolute Gasteiger partial charge is 0.325 e. The summed E-state index contributed by atoms with van der Waals surface area (Å²) >= 11 is 0. The van der Waals surface area contributed by atoms with Crippen LogP contribution < -0.4 is 0 Å². The summed E-state index contributed by atoms with van der Waals surface area (Å²) in [4.78, 5) is 27.9. The fraction of sp³-hybridized carbons (Fsp3) is 0.571. The number of hydroxylamine groups is 2. The first kappa shape index (κ1) is 13.3. The molecule has 6 nitrogen and oxygen atoms in total. The molecule has 0 saturated heterocycles. The van der Waals surface area contributed by atoms with E-state index in [1.807, 2.05) is 0 Å². The summed E-state index contributed by atoms with van der Waals surface area (Å²) in [6, 6.07) is 0. The van der Waals surface area contributed by atoms with Crippen LogP contribution in [0, 0.1) is 0 Å². The van der Waals surface area contributed by atoms with Gasteiger partial charge in [-0.1, -0.05) is 6.08 Å². The molecule has 14 heavy (non-hydrogen) atoms. The van der Waals surface area contributed by atoms with Crippen molar-refractivity contribution in [2.45, 2.75) is 13.3 Å². The van der Waals surface area contributed by atoms with Gasteiger partial charge in [0.15, 0.2) is 0 Å². The molecule has 0 spiro atoms. The second-order valence-electron chi connectivity index (χ2n) is 2.70. The van der Waals surface area contributed by atoms with Crippen LogP contribution >= 0.6 is 7.60 Å². The first-order chi connectivity index (χ1) is 6.37. The Labute approximate surface area is 82.0 Å². The molecule has 0 aromatic carbocycles. The van der Waals surface area contributed by atoms with Crippen molar-refractivity contribution in [2.24, 2.45) is 0 Å². The number of carbonyl (C=O) groups excluding carboxylic acids is 1. The van der Waals surface area contributed by atoms with Gasteiger partial charge < -0.3 is 9.79 Å². The highest BCUT2D eigenvalue weighted by Gasteiger charge is 2.14. The molecular weight excluding hydrogens is 209 g/mol. The van der Waals surface area contributed by atoms with E-state index in [-0.39, 0.29) is 19.1 Å². The van der Waals surface area contributed by atoms with E-state index in [1.165, 1.54) is 6.08 Å². The number of allylic oxidation sites excluding steroid dienone is 1. The number of amides is 1. The van der Waals surface area contributed by atoms with Crippen LogP contribution in [0.25, 0.3) is 0 Å². The molecule has 0 aliphatic rings. The van der Waals surface area contributed by atoms with Crippen molar-refractivity contribution >= 4 is 13.5 Å². The molecule has 0 aromatic heterocycles. The molecule has 7 heteroatoms. The summed E-state index contributed by atoms with van der Waals surface area (Å²) in [7, 11) is -4.03.